The number of aliphatic carboxylic acids is 1. The van der Waals surface area contributed by atoms with E-state index in [1.165, 1.54) is 7.11 Å². The predicted octanol–water partition coefficient (Wildman–Crippen LogP) is -1.40. The quantitative estimate of drug-likeness (QED) is 0.511. The minimum atomic E-state index is -1.18. The van der Waals surface area contributed by atoms with Gasteiger partial charge in [-0.3, -0.25) is 4.79 Å². The molecule has 1 atom stereocenters. The Balaban J connectivity index is 4.22. The van der Waals surface area contributed by atoms with Crippen molar-refractivity contribution in [2.75, 3.05) is 26.7 Å². The Kier molecular flexibility index (Phi) is 6.64. The molecule has 8 nitrogen and oxygen atoms in total. The van der Waals surface area contributed by atoms with Crippen molar-refractivity contribution in [3.8, 4) is 0 Å². The summed E-state index contributed by atoms with van der Waals surface area (Å²) in [4.78, 5) is 33.9. The standard InChI is InChI=1S/C9H17N3O5/c1-3-12(5-7(10)13)9(16)11-4-6(17-2)8(14)15/h6H,3-5H2,1-2H3,(H2,10,13)(H,11,16)(H,14,15). The maximum atomic E-state index is 11.5. The molecule has 0 spiro atoms. The number of hydrogen-bond acceptors (Lipinski definition) is 4. The largest absolute Gasteiger partial charge is 0.479 e. The van der Waals surface area contributed by atoms with E-state index in [1.54, 1.807) is 6.92 Å². The summed E-state index contributed by atoms with van der Waals surface area (Å²) >= 11 is 0. The minimum Gasteiger partial charge on any atom is -0.479 e. The number of nitrogens with zero attached hydrogens (tertiary/aromatic N) is 1. The smallest absolute Gasteiger partial charge is 0.334 e. The molecule has 0 saturated heterocycles. The van der Waals surface area contributed by atoms with Crippen LogP contribution in [0.1, 0.15) is 6.92 Å². The fourth-order valence-electron chi connectivity index (χ4n) is 1.08. The number of likely N-dealkylation sites (N-methyl/N-ethyl adjacent to an activating group) is 1. The Labute approximate surface area is 98.7 Å². The second kappa shape index (κ2) is 7.44. The van der Waals surface area contributed by atoms with Gasteiger partial charge in [0.1, 0.15) is 6.54 Å². The third kappa shape index (κ3) is 5.71. The number of carbonyl (C=O) groups is 3. The van der Waals surface area contributed by atoms with Gasteiger partial charge in [0.2, 0.25) is 5.91 Å². The molecule has 0 aliphatic carbocycles. The monoisotopic (exact) mass is 247 g/mol. The zero-order chi connectivity index (χ0) is 13.4. The number of hydrogen-bond donors (Lipinski definition) is 3. The van der Waals surface area contributed by atoms with Crippen molar-refractivity contribution >= 4 is 17.9 Å². The number of carboxylic acid groups (broad SMARTS) is 1. The third-order valence-electron chi connectivity index (χ3n) is 2.01. The molecule has 0 fully saturated rings. The van der Waals surface area contributed by atoms with Gasteiger partial charge in [-0.05, 0) is 6.92 Å². The van der Waals surface area contributed by atoms with E-state index in [0.29, 0.717) is 6.54 Å². The maximum Gasteiger partial charge on any atom is 0.334 e. The summed E-state index contributed by atoms with van der Waals surface area (Å²) < 4.78 is 4.63. The molecule has 0 saturated carbocycles. The van der Waals surface area contributed by atoms with Gasteiger partial charge in [-0.15, -0.1) is 0 Å². The van der Waals surface area contributed by atoms with Crippen LogP contribution in [-0.2, 0) is 14.3 Å². The summed E-state index contributed by atoms with van der Waals surface area (Å²) in [6, 6.07) is -0.561. The summed E-state index contributed by atoms with van der Waals surface area (Å²) in [5, 5.41) is 11.0. The number of carbonyl (C=O) groups excluding carboxylic acids is 2. The van der Waals surface area contributed by atoms with Crippen LogP contribution in [0.2, 0.25) is 0 Å². The molecule has 98 valence electrons. The fraction of sp³-hybridized carbons (Fsp3) is 0.667. The first kappa shape index (κ1) is 15.2. The van der Waals surface area contributed by atoms with Crippen molar-refractivity contribution in [2.24, 2.45) is 5.73 Å². The molecule has 4 N–H and O–H groups in total. The van der Waals surface area contributed by atoms with Gasteiger partial charge in [0.25, 0.3) is 0 Å². The molecule has 3 amide bonds. The summed E-state index contributed by atoms with van der Waals surface area (Å²) in [5.74, 6) is -1.81. The summed E-state index contributed by atoms with van der Waals surface area (Å²) in [5.41, 5.74) is 4.96. The van der Waals surface area contributed by atoms with E-state index in [2.05, 4.69) is 10.1 Å². The number of ether oxygens (including phenoxy) is 1. The van der Waals surface area contributed by atoms with E-state index in [1.807, 2.05) is 0 Å². The molecule has 0 aliphatic heterocycles. The van der Waals surface area contributed by atoms with E-state index in [-0.39, 0.29) is 13.1 Å². The van der Waals surface area contributed by atoms with Crippen molar-refractivity contribution in [3.63, 3.8) is 0 Å². The average molecular weight is 247 g/mol. The normalized spacial score (nSPS) is 11.6. The zero-order valence-corrected chi connectivity index (χ0v) is 9.80. The Morgan fingerprint density at radius 3 is 2.41 bits per heavy atom. The van der Waals surface area contributed by atoms with Crippen LogP contribution in [0.3, 0.4) is 0 Å². The predicted molar refractivity (Wildman–Crippen MR) is 58.3 cm³/mol. The van der Waals surface area contributed by atoms with Gasteiger partial charge in [0, 0.05) is 13.7 Å². The van der Waals surface area contributed by atoms with E-state index >= 15 is 0 Å². The average Bonchev–Trinajstić information content (AvgIpc) is 2.25. The second-order valence-corrected chi connectivity index (χ2v) is 3.23. The number of carboxylic acids is 1. The highest BCUT2D eigenvalue weighted by molar-refractivity contribution is 5.83. The highest BCUT2D eigenvalue weighted by Gasteiger charge is 2.19. The number of primary amides is 1. The van der Waals surface area contributed by atoms with Crippen molar-refractivity contribution in [3.05, 3.63) is 0 Å². The second-order valence-electron chi connectivity index (χ2n) is 3.23. The van der Waals surface area contributed by atoms with Crippen molar-refractivity contribution in [1.82, 2.24) is 10.2 Å². The van der Waals surface area contributed by atoms with Crippen LogP contribution < -0.4 is 11.1 Å². The molecule has 0 radical (unpaired) electrons. The third-order valence-corrected chi connectivity index (χ3v) is 2.01. The SMILES string of the molecule is CCN(CC(N)=O)C(=O)NCC(OC)C(=O)O. The summed E-state index contributed by atoms with van der Waals surface area (Å²) in [6.07, 6.45) is -1.12. The highest BCUT2D eigenvalue weighted by Crippen LogP contribution is 1.92. The maximum absolute atomic E-state index is 11.5. The van der Waals surface area contributed by atoms with Crippen LogP contribution in [0.15, 0.2) is 0 Å². The van der Waals surface area contributed by atoms with E-state index in [9.17, 15) is 14.4 Å². The Morgan fingerprint density at radius 1 is 1.47 bits per heavy atom. The van der Waals surface area contributed by atoms with Crippen LogP contribution in [0.4, 0.5) is 4.79 Å². The molecule has 8 heteroatoms. The van der Waals surface area contributed by atoms with Crippen LogP contribution in [-0.4, -0.2) is 60.8 Å². The first-order valence-electron chi connectivity index (χ1n) is 4.99. The van der Waals surface area contributed by atoms with E-state index < -0.39 is 24.0 Å². The van der Waals surface area contributed by atoms with Crippen molar-refractivity contribution in [2.45, 2.75) is 13.0 Å². The van der Waals surface area contributed by atoms with E-state index in [4.69, 9.17) is 10.8 Å². The lowest BCUT2D eigenvalue weighted by Gasteiger charge is -2.20. The molecule has 17 heavy (non-hydrogen) atoms. The van der Waals surface area contributed by atoms with Crippen molar-refractivity contribution in [1.29, 1.82) is 0 Å². The van der Waals surface area contributed by atoms with Gasteiger partial charge < -0.3 is 25.8 Å². The van der Waals surface area contributed by atoms with Gasteiger partial charge in [0.05, 0.1) is 6.54 Å². The number of methoxy groups -OCH3 is 1. The number of urea groups is 1. The van der Waals surface area contributed by atoms with Crippen LogP contribution in [0.5, 0.6) is 0 Å². The summed E-state index contributed by atoms with van der Waals surface area (Å²) in [6.45, 7) is 1.57. The Bertz CT molecular complexity index is 294. The number of nitrogens with one attached hydrogen (secondary N) is 1. The zero-order valence-electron chi connectivity index (χ0n) is 9.80. The van der Waals surface area contributed by atoms with Gasteiger partial charge in [-0.2, -0.15) is 0 Å². The van der Waals surface area contributed by atoms with Crippen molar-refractivity contribution < 1.29 is 24.2 Å². The Morgan fingerprint density at radius 2 is 2.06 bits per heavy atom. The lowest BCUT2D eigenvalue weighted by atomic mass is 10.3. The molecule has 0 aromatic rings. The van der Waals surface area contributed by atoms with Gasteiger partial charge in [0.15, 0.2) is 6.10 Å². The first-order chi connectivity index (χ1) is 7.92. The summed E-state index contributed by atoms with van der Waals surface area (Å²) in [7, 11) is 1.23. The first-order valence-corrected chi connectivity index (χ1v) is 4.99. The molecule has 0 aliphatic rings. The molecular weight excluding hydrogens is 230 g/mol. The van der Waals surface area contributed by atoms with Gasteiger partial charge in [-0.25, -0.2) is 9.59 Å². The molecule has 0 bridgehead atoms. The molecule has 0 rings (SSSR count). The number of amides is 3. The van der Waals surface area contributed by atoms with Crippen LogP contribution in [0.25, 0.3) is 0 Å². The molecule has 0 heterocycles. The van der Waals surface area contributed by atoms with Crippen LogP contribution >= 0.6 is 0 Å². The molecular formula is C9H17N3O5. The molecule has 0 aromatic heterocycles. The fourth-order valence-corrected chi connectivity index (χ4v) is 1.08. The number of nitrogens with two attached hydrogens (primary N) is 1. The van der Waals surface area contributed by atoms with Crippen LogP contribution in [0, 0.1) is 0 Å². The number of rotatable bonds is 7. The molecule has 1 unspecified atom stereocenters. The van der Waals surface area contributed by atoms with Gasteiger partial charge >= 0.3 is 12.0 Å². The van der Waals surface area contributed by atoms with E-state index in [0.717, 1.165) is 4.90 Å². The lowest BCUT2D eigenvalue weighted by Crippen LogP contribution is -2.47. The lowest BCUT2D eigenvalue weighted by molar-refractivity contribution is -0.148. The van der Waals surface area contributed by atoms with Gasteiger partial charge in [-0.1, -0.05) is 0 Å². The highest BCUT2D eigenvalue weighted by atomic mass is 16.5. The Hall–Kier alpha value is -1.83. The molecule has 0 aromatic carbocycles. The topological polar surface area (TPSA) is 122 Å². The minimum absolute atomic E-state index is 0.181.